The van der Waals surface area contributed by atoms with Crippen LogP contribution in [0.2, 0.25) is 0 Å². The SMILES string of the molecule is CC1(C)CNCCN1CCCCOc1ccccc1. The molecule has 3 nitrogen and oxygen atoms in total. The highest BCUT2D eigenvalue weighted by atomic mass is 16.5. The van der Waals surface area contributed by atoms with Crippen LogP contribution in [0.4, 0.5) is 0 Å². The molecule has 0 amide bonds. The highest BCUT2D eigenvalue weighted by Gasteiger charge is 2.28. The third-order valence-electron chi connectivity index (χ3n) is 3.81. The molecule has 0 atom stereocenters. The van der Waals surface area contributed by atoms with E-state index in [1.807, 2.05) is 30.3 Å². The summed E-state index contributed by atoms with van der Waals surface area (Å²) in [5.41, 5.74) is 0.290. The van der Waals surface area contributed by atoms with Gasteiger partial charge < -0.3 is 10.1 Å². The first-order valence-corrected chi connectivity index (χ1v) is 7.32. The molecule has 1 saturated heterocycles. The molecular formula is C16H26N2O. The molecule has 0 aliphatic carbocycles. The number of nitrogens with one attached hydrogen (secondary N) is 1. The van der Waals surface area contributed by atoms with Gasteiger partial charge in [-0.05, 0) is 45.4 Å². The molecule has 0 spiro atoms. The molecule has 1 aromatic rings. The van der Waals surface area contributed by atoms with E-state index >= 15 is 0 Å². The summed E-state index contributed by atoms with van der Waals surface area (Å²) in [5.74, 6) is 0.977. The van der Waals surface area contributed by atoms with Crippen molar-refractivity contribution in [3.8, 4) is 5.75 Å². The second-order valence-corrected chi connectivity index (χ2v) is 5.84. The highest BCUT2D eigenvalue weighted by Crippen LogP contribution is 2.17. The zero-order chi connectivity index (χ0) is 13.6. The minimum absolute atomic E-state index is 0.290. The van der Waals surface area contributed by atoms with Gasteiger partial charge in [0.1, 0.15) is 5.75 Å². The van der Waals surface area contributed by atoms with E-state index in [2.05, 4.69) is 24.1 Å². The zero-order valence-electron chi connectivity index (χ0n) is 12.2. The van der Waals surface area contributed by atoms with Gasteiger partial charge in [0.15, 0.2) is 0 Å². The molecule has 0 bridgehead atoms. The van der Waals surface area contributed by atoms with Crippen LogP contribution >= 0.6 is 0 Å². The lowest BCUT2D eigenvalue weighted by molar-refractivity contribution is 0.0873. The summed E-state index contributed by atoms with van der Waals surface area (Å²) in [6.07, 6.45) is 2.32. The van der Waals surface area contributed by atoms with E-state index in [9.17, 15) is 0 Å². The summed E-state index contributed by atoms with van der Waals surface area (Å²) in [7, 11) is 0. The fraction of sp³-hybridized carbons (Fsp3) is 0.625. The average Bonchev–Trinajstić information content (AvgIpc) is 2.41. The van der Waals surface area contributed by atoms with E-state index in [4.69, 9.17) is 4.74 Å². The molecular weight excluding hydrogens is 236 g/mol. The van der Waals surface area contributed by atoms with Crippen LogP contribution < -0.4 is 10.1 Å². The van der Waals surface area contributed by atoms with Crippen molar-refractivity contribution in [2.75, 3.05) is 32.8 Å². The molecule has 1 aromatic carbocycles. The molecule has 1 N–H and O–H groups in total. The first kappa shape index (κ1) is 14.4. The predicted molar refractivity (Wildman–Crippen MR) is 79.7 cm³/mol. The Labute approximate surface area is 116 Å². The Morgan fingerprint density at radius 1 is 1.21 bits per heavy atom. The number of unbranched alkanes of at least 4 members (excludes halogenated alkanes) is 1. The minimum Gasteiger partial charge on any atom is -0.494 e. The Morgan fingerprint density at radius 3 is 2.74 bits per heavy atom. The molecule has 0 unspecified atom stereocenters. The maximum Gasteiger partial charge on any atom is 0.119 e. The number of hydrogen-bond donors (Lipinski definition) is 1. The number of ether oxygens (including phenoxy) is 1. The van der Waals surface area contributed by atoms with Gasteiger partial charge in [-0.2, -0.15) is 0 Å². The summed E-state index contributed by atoms with van der Waals surface area (Å²) >= 11 is 0. The van der Waals surface area contributed by atoms with E-state index in [-0.39, 0.29) is 0 Å². The van der Waals surface area contributed by atoms with Gasteiger partial charge >= 0.3 is 0 Å². The van der Waals surface area contributed by atoms with Gasteiger partial charge in [-0.1, -0.05) is 18.2 Å². The number of hydrogen-bond acceptors (Lipinski definition) is 3. The van der Waals surface area contributed by atoms with Crippen LogP contribution in [-0.4, -0.2) is 43.2 Å². The normalized spacial score (nSPS) is 19.3. The highest BCUT2D eigenvalue weighted by molar-refractivity contribution is 5.20. The molecule has 1 heterocycles. The quantitative estimate of drug-likeness (QED) is 0.797. The maximum absolute atomic E-state index is 5.72. The standard InChI is InChI=1S/C16H26N2O/c1-16(2)14-17-10-12-18(16)11-6-7-13-19-15-8-4-3-5-9-15/h3-5,8-9,17H,6-7,10-14H2,1-2H3. The summed E-state index contributed by atoms with van der Waals surface area (Å²) in [5, 5.41) is 3.46. The number of benzene rings is 1. The van der Waals surface area contributed by atoms with Crippen molar-refractivity contribution in [1.29, 1.82) is 0 Å². The lowest BCUT2D eigenvalue weighted by atomic mass is 10.00. The topological polar surface area (TPSA) is 24.5 Å². The van der Waals surface area contributed by atoms with E-state index in [1.165, 1.54) is 13.0 Å². The number of nitrogens with zero attached hydrogens (tertiary/aromatic N) is 1. The maximum atomic E-state index is 5.72. The van der Waals surface area contributed by atoms with Crippen LogP contribution in [-0.2, 0) is 0 Å². The fourth-order valence-electron chi connectivity index (χ4n) is 2.55. The first-order valence-electron chi connectivity index (χ1n) is 7.32. The summed E-state index contributed by atoms with van der Waals surface area (Å²) < 4.78 is 5.72. The van der Waals surface area contributed by atoms with Crippen molar-refractivity contribution in [3.63, 3.8) is 0 Å². The van der Waals surface area contributed by atoms with Gasteiger partial charge in [-0.3, -0.25) is 4.90 Å². The molecule has 1 fully saturated rings. The van der Waals surface area contributed by atoms with Crippen LogP contribution in [0.15, 0.2) is 30.3 Å². The lowest BCUT2D eigenvalue weighted by Gasteiger charge is -2.42. The van der Waals surface area contributed by atoms with E-state index in [0.717, 1.165) is 38.4 Å². The van der Waals surface area contributed by atoms with Crippen molar-refractivity contribution >= 4 is 0 Å². The predicted octanol–water partition coefficient (Wildman–Crippen LogP) is 2.53. The fourth-order valence-corrected chi connectivity index (χ4v) is 2.55. The van der Waals surface area contributed by atoms with Crippen molar-refractivity contribution in [1.82, 2.24) is 10.2 Å². The van der Waals surface area contributed by atoms with Gasteiger partial charge in [0, 0.05) is 25.2 Å². The lowest BCUT2D eigenvalue weighted by Crippen LogP contribution is -2.57. The summed E-state index contributed by atoms with van der Waals surface area (Å²) in [4.78, 5) is 2.59. The van der Waals surface area contributed by atoms with Crippen molar-refractivity contribution in [2.24, 2.45) is 0 Å². The molecule has 0 aromatic heterocycles. The van der Waals surface area contributed by atoms with Crippen LogP contribution in [0.5, 0.6) is 5.75 Å². The summed E-state index contributed by atoms with van der Waals surface area (Å²) in [6, 6.07) is 10.1. The molecule has 19 heavy (non-hydrogen) atoms. The molecule has 2 rings (SSSR count). The van der Waals surface area contributed by atoms with Gasteiger partial charge in [0.25, 0.3) is 0 Å². The monoisotopic (exact) mass is 262 g/mol. The van der Waals surface area contributed by atoms with Gasteiger partial charge in [0.05, 0.1) is 6.61 Å². The Hall–Kier alpha value is -1.06. The van der Waals surface area contributed by atoms with E-state index in [1.54, 1.807) is 0 Å². The average molecular weight is 262 g/mol. The van der Waals surface area contributed by atoms with Crippen molar-refractivity contribution in [3.05, 3.63) is 30.3 Å². The van der Waals surface area contributed by atoms with Gasteiger partial charge in [0.2, 0.25) is 0 Å². The van der Waals surface area contributed by atoms with Crippen molar-refractivity contribution in [2.45, 2.75) is 32.2 Å². The van der Waals surface area contributed by atoms with Crippen LogP contribution in [0.25, 0.3) is 0 Å². The van der Waals surface area contributed by atoms with Crippen LogP contribution in [0.1, 0.15) is 26.7 Å². The third kappa shape index (κ3) is 4.51. The molecule has 1 aliphatic rings. The van der Waals surface area contributed by atoms with Crippen LogP contribution in [0, 0.1) is 0 Å². The Balaban J connectivity index is 1.61. The molecule has 106 valence electrons. The summed E-state index contributed by atoms with van der Waals surface area (Å²) in [6.45, 7) is 9.99. The number of piperazine rings is 1. The van der Waals surface area contributed by atoms with E-state index in [0.29, 0.717) is 5.54 Å². The van der Waals surface area contributed by atoms with Gasteiger partial charge in [-0.15, -0.1) is 0 Å². The smallest absolute Gasteiger partial charge is 0.119 e. The number of rotatable bonds is 6. The number of para-hydroxylation sites is 1. The Morgan fingerprint density at radius 2 is 2.00 bits per heavy atom. The zero-order valence-corrected chi connectivity index (χ0v) is 12.2. The second kappa shape index (κ2) is 6.92. The molecule has 3 heteroatoms. The van der Waals surface area contributed by atoms with E-state index < -0.39 is 0 Å². The van der Waals surface area contributed by atoms with Gasteiger partial charge in [-0.25, -0.2) is 0 Å². The minimum atomic E-state index is 0.290. The van der Waals surface area contributed by atoms with Crippen molar-refractivity contribution < 1.29 is 4.74 Å². The Bertz CT molecular complexity index is 364. The molecule has 1 aliphatic heterocycles. The largest absolute Gasteiger partial charge is 0.494 e. The first-order chi connectivity index (χ1) is 9.18. The second-order valence-electron chi connectivity index (χ2n) is 5.84. The Kier molecular flexibility index (Phi) is 5.23. The molecule has 0 saturated carbocycles. The third-order valence-corrected chi connectivity index (χ3v) is 3.81. The molecule has 0 radical (unpaired) electrons. The van der Waals surface area contributed by atoms with Crippen LogP contribution in [0.3, 0.4) is 0 Å².